The largest absolute Gasteiger partial charge is 0.370 e. The molecule has 3 aromatic heterocycles. The fraction of sp³-hybridized carbons (Fsp3) is 0.391. The van der Waals surface area contributed by atoms with Gasteiger partial charge < -0.3 is 9.22 Å². The normalized spacial score (nSPS) is 15.4. The van der Waals surface area contributed by atoms with Crippen molar-refractivity contribution in [1.82, 2.24) is 13.7 Å². The smallest absolute Gasteiger partial charge is 0.262 e. The number of aromatic nitrogens is 3. The molecule has 0 aliphatic carbocycles. The molecule has 4 heterocycles. The van der Waals surface area contributed by atoms with Crippen molar-refractivity contribution in [2.45, 2.75) is 78.4 Å². The van der Waals surface area contributed by atoms with E-state index in [-0.39, 0.29) is 40.5 Å². The molecule has 1 saturated heterocycles. The molecule has 0 radical (unpaired) electrons. The molecule has 11 nitrogen and oxygen atoms in total. The summed E-state index contributed by atoms with van der Waals surface area (Å²) < 4.78 is 10.4. The van der Waals surface area contributed by atoms with E-state index < -0.39 is 22.2 Å². The van der Waals surface area contributed by atoms with E-state index in [1.165, 1.54) is 13.7 Å². The van der Waals surface area contributed by atoms with Crippen LogP contribution in [0.5, 0.6) is 0 Å². The first-order valence-electron chi connectivity index (χ1n) is 20.6. The Kier molecular flexibility index (Phi) is 7.86. The van der Waals surface area contributed by atoms with Crippen molar-refractivity contribution in [3.8, 4) is 0 Å². The standard InChI is InChI=1S/C46H45N4O7/c1-6-23(7-2)48-41(51)27-13-11-25-26-12-14-28-34-32(44(54)49(42(28)52)24(8-3)9-4)22-30-38(36(26)34)37-29(21-31(43(48)53)33(27)35(25)37)39-40(30)46(56)47(45(39)55)15-10-16-50(5)17-19-57-20-18-50/h11-14,21-24H,6-10,15-20H2,1-5H3/q+1. The summed E-state index contributed by atoms with van der Waals surface area (Å²) in [4.78, 5) is 87.6. The number of rotatable bonds is 10. The van der Waals surface area contributed by atoms with E-state index in [0.717, 1.165) is 34.9 Å². The number of nitrogens with zero attached hydrogens (tertiary/aromatic N) is 4. The van der Waals surface area contributed by atoms with Gasteiger partial charge in [0.25, 0.3) is 33.4 Å². The number of quaternary nitrogens is 1. The average Bonchev–Trinajstić information content (AvgIpc) is 3.47. The molecular weight excluding hydrogens is 721 g/mol. The number of hydrogen-bond acceptors (Lipinski definition) is 7. The van der Waals surface area contributed by atoms with E-state index in [4.69, 9.17) is 4.74 Å². The van der Waals surface area contributed by atoms with Gasteiger partial charge in [-0.05, 0) is 93.0 Å². The van der Waals surface area contributed by atoms with Crippen LogP contribution in [0.3, 0.4) is 0 Å². The number of benzene rings is 6. The van der Waals surface area contributed by atoms with E-state index in [1.807, 2.05) is 39.8 Å². The lowest BCUT2D eigenvalue weighted by Gasteiger charge is -2.37. The fourth-order valence-corrected chi connectivity index (χ4v) is 10.8. The van der Waals surface area contributed by atoms with Gasteiger partial charge in [0, 0.05) is 57.4 Å². The van der Waals surface area contributed by atoms with Crippen LogP contribution in [0.25, 0.3) is 86.2 Å². The predicted molar refractivity (Wildman–Crippen MR) is 229 cm³/mol. The minimum absolute atomic E-state index is 0.210. The highest BCUT2D eigenvalue weighted by Crippen LogP contribution is 2.50. The summed E-state index contributed by atoms with van der Waals surface area (Å²) in [5.41, 5.74) is -2.41. The van der Waals surface area contributed by atoms with Crippen molar-refractivity contribution in [2.75, 3.05) is 39.9 Å². The van der Waals surface area contributed by atoms with Gasteiger partial charge in [-0.15, -0.1) is 0 Å². The minimum Gasteiger partial charge on any atom is -0.370 e. The molecule has 0 saturated carbocycles. The molecule has 10 rings (SSSR count). The molecule has 0 bridgehead atoms. The number of pyridine rings is 2. The lowest BCUT2D eigenvalue weighted by molar-refractivity contribution is -0.917. The predicted octanol–water partition coefficient (Wildman–Crippen LogP) is 6.26. The number of hydrogen-bond donors (Lipinski definition) is 0. The van der Waals surface area contributed by atoms with Gasteiger partial charge in [0.2, 0.25) is 0 Å². The van der Waals surface area contributed by atoms with Gasteiger partial charge in [0.1, 0.15) is 13.1 Å². The quantitative estimate of drug-likeness (QED) is 0.0915. The van der Waals surface area contributed by atoms with Crippen LogP contribution in [0.1, 0.15) is 71.9 Å². The van der Waals surface area contributed by atoms with Gasteiger partial charge in [-0.25, -0.2) is 0 Å². The fourth-order valence-electron chi connectivity index (χ4n) is 10.8. The molecule has 1 aliphatic heterocycles. The van der Waals surface area contributed by atoms with E-state index >= 15 is 0 Å². The molecular formula is C46H45N4O7+. The van der Waals surface area contributed by atoms with Crippen LogP contribution in [-0.4, -0.2) is 58.1 Å². The summed E-state index contributed by atoms with van der Waals surface area (Å²) in [5, 5.41) is 8.04. The number of ether oxygens (including phenoxy) is 1. The lowest BCUT2D eigenvalue weighted by Crippen LogP contribution is -2.52. The number of morpholine rings is 1. The van der Waals surface area contributed by atoms with Gasteiger partial charge in [-0.2, -0.15) is 0 Å². The number of likely N-dealkylation sites (N-methyl/N-ethyl adjacent to an activating group) is 1. The molecule has 0 unspecified atom stereocenters. The minimum atomic E-state index is -0.435. The summed E-state index contributed by atoms with van der Waals surface area (Å²) in [7, 11) is 2.17. The van der Waals surface area contributed by atoms with E-state index in [1.54, 1.807) is 24.3 Å². The SMILES string of the molecule is CCC(CC)n1c(=O)c2ccc3c4ccc5c(=O)n(C(CC)CC)c(=O)c6cc7c8c(=O)n(CCC[N+]9(C)CCOCC9)c(=O)c8c8cc(c1=O)c2c3c8c7c4c56. The van der Waals surface area contributed by atoms with Crippen molar-refractivity contribution < 1.29 is 9.22 Å². The van der Waals surface area contributed by atoms with Gasteiger partial charge >= 0.3 is 0 Å². The highest BCUT2D eigenvalue weighted by molar-refractivity contribution is 6.48. The Balaban J connectivity index is 1.43. The summed E-state index contributed by atoms with van der Waals surface area (Å²) in [6.07, 6.45) is 2.96. The number of fused-ring (bicyclic) bond motifs is 4. The molecule has 6 aromatic carbocycles. The maximum absolute atomic E-state index is 14.9. The van der Waals surface area contributed by atoms with Crippen molar-refractivity contribution in [3.05, 3.63) is 98.5 Å². The molecule has 0 atom stereocenters. The highest BCUT2D eigenvalue weighted by atomic mass is 16.5. The Morgan fingerprint density at radius 3 is 1.32 bits per heavy atom. The van der Waals surface area contributed by atoms with Crippen molar-refractivity contribution in [3.63, 3.8) is 0 Å². The summed E-state index contributed by atoms with van der Waals surface area (Å²) >= 11 is 0. The molecule has 0 spiro atoms. The molecule has 0 N–H and O–H groups in total. The summed E-state index contributed by atoms with van der Waals surface area (Å²) in [6.45, 7) is 11.8. The first kappa shape index (κ1) is 35.9. The third kappa shape index (κ3) is 4.55. The second kappa shape index (κ2) is 12.5. The zero-order valence-corrected chi connectivity index (χ0v) is 33.0. The Morgan fingerprint density at radius 1 is 0.509 bits per heavy atom. The van der Waals surface area contributed by atoms with Crippen LogP contribution in [0.15, 0.2) is 65.2 Å². The molecule has 290 valence electrons. The topological polar surface area (TPSA) is 126 Å². The lowest BCUT2D eigenvalue weighted by atomic mass is 9.81. The van der Waals surface area contributed by atoms with Crippen LogP contribution in [0, 0.1) is 0 Å². The maximum atomic E-state index is 14.9. The maximum Gasteiger partial charge on any atom is 0.262 e. The van der Waals surface area contributed by atoms with Gasteiger partial charge in [-0.1, -0.05) is 39.8 Å². The Morgan fingerprint density at radius 2 is 0.895 bits per heavy atom. The van der Waals surface area contributed by atoms with Crippen LogP contribution < -0.4 is 33.4 Å². The summed E-state index contributed by atoms with van der Waals surface area (Å²) in [6, 6.07) is 10.2. The van der Waals surface area contributed by atoms with Gasteiger partial charge in [-0.3, -0.25) is 42.5 Å². The molecule has 11 heteroatoms. The van der Waals surface area contributed by atoms with E-state index in [0.29, 0.717) is 110 Å². The second-order valence-corrected chi connectivity index (χ2v) is 16.7. The second-order valence-electron chi connectivity index (χ2n) is 16.7. The van der Waals surface area contributed by atoms with Crippen LogP contribution >= 0.6 is 0 Å². The Labute approximate surface area is 325 Å². The van der Waals surface area contributed by atoms with Crippen molar-refractivity contribution >= 4 is 86.2 Å². The monoisotopic (exact) mass is 765 g/mol. The molecule has 57 heavy (non-hydrogen) atoms. The Hall–Kier alpha value is -5.52. The van der Waals surface area contributed by atoms with E-state index in [2.05, 4.69) is 7.05 Å². The summed E-state index contributed by atoms with van der Waals surface area (Å²) in [5.74, 6) is 0. The van der Waals surface area contributed by atoms with Crippen molar-refractivity contribution in [1.29, 1.82) is 0 Å². The molecule has 0 amide bonds. The third-order valence-electron chi connectivity index (χ3n) is 13.9. The molecule has 1 aliphatic rings. The first-order valence-corrected chi connectivity index (χ1v) is 20.6. The van der Waals surface area contributed by atoms with Crippen molar-refractivity contribution in [2.24, 2.45) is 0 Å². The third-order valence-corrected chi connectivity index (χ3v) is 13.9. The molecule has 1 fully saturated rings. The van der Waals surface area contributed by atoms with Gasteiger partial charge in [0.15, 0.2) is 0 Å². The average molecular weight is 766 g/mol. The zero-order valence-electron chi connectivity index (χ0n) is 33.0. The van der Waals surface area contributed by atoms with Crippen LogP contribution in [0.2, 0.25) is 0 Å². The molecule has 9 aromatic rings. The van der Waals surface area contributed by atoms with Gasteiger partial charge in [0.05, 0.1) is 37.6 Å². The van der Waals surface area contributed by atoms with Crippen LogP contribution in [-0.2, 0) is 11.3 Å². The van der Waals surface area contributed by atoms with E-state index in [9.17, 15) is 28.8 Å². The zero-order chi connectivity index (χ0) is 39.8. The first-order chi connectivity index (χ1) is 27.5. The highest BCUT2D eigenvalue weighted by Gasteiger charge is 2.31. The van der Waals surface area contributed by atoms with Crippen LogP contribution in [0.4, 0.5) is 0 Å². The Bertz CT molecular complexity index is 3250.